The lowest BCUT2D eigenvalue weighted by molar-refractivity contribution is -0.138. The van der Waals surface area contributed by atoms with E-state index < -0.39 is 18.1 Å². The van der Waals surface area contributed by atoms with Crippen molar-refractivity contribution in [3.8, 4) is 0 Å². The Balaban J connectivity index is 3.20. The molecule has 0 fully saturated rings. The van der Waals surface area contributed by atoms with Crippen LogP contribution in [-0.4, -0.2) is 20.9 Å². The zero-order valence-corrected chi connectivity index (χ0v) is 9.11. The second kappa shape index (κ2) is 4.36. The van der Waals surface area contributed by atoms with Crippen molar-refractivity contribution in [3.63, 3.8) is 0 Å². The van der Waals surface area contributed by atoms with Gasteiger partial charge in [-0.05, 0) is 28.4 Å². The molecule has 0 aliphatic rings. The molecule has 1 aromatic rings. The first kappa shape index (κ1) is 10.9. The maximum absolute atomic E-state index is 11.4. The molecule has 1 rings (SSSR count). The first-order chi connectivity index (χ1) is 6.54. The van der Waals surface area contributed by atoms with Gasteiger partial charge in [0.05, 0.1) is 10.2 Å². The highest BCUT2D eigenvalue weighted by Crippen LogP contribution is 2.04. The van der Waals surface area contributed by atoms with Crippen molar-refractivity contribution in [3.05, 3.63) is 26.6 Å². The summed E-state index contributed by atoms with van der Waals surface area (Å²) in [6.45, 7) is 1.47. The molecule has 1 aromatic heterocycles. The topological polar surface area (TPSA) is 72.2 Å². The van der Waals surface area contributed by atoms with Crippen LogP contribution in [0.4, 0.5) is 0 Å². The van der Waals surface area contributed by atoms with Crippen molar-refractivity contribution in [1.29, 1.82) is 0 Å². The van der Waals surface area contributed by atoms with Crippen molar-refractivity contribution >= 4 is 21.9 Å². The van der Waals surface area contributed by atoms with E-state index in [9.17, 15) is 9.59 Å². The Morgan fingerprint density at radius 2 is 2.36 bits per heavy atom. The van der Waals surface area contributed by atoms with Crippen molar-refractivity contribution in [1.82, 2.24) is 9.78 Å². The van der Waals surface area contributed by atoms with Gasteiger partial charge in [-0.25, -0.2) is 4.68 Å². The highest BCUT2D eigenvalue weighted by Gasteiger charge is 2.07. The van der Waals surface area contributed by atoms with Gasteiger partial charge in [0.25, 0.3) is 5.56 Å². The van der Waals surface area contributed by atoms with E-state index in [0.717, 1.165) is 4.68 Å². The molecule has 0 saturated carbocycles. The maximum Gasteiger partial charge on any atom is 0.325 e. The fourth-order valence-corrected chi connectivity index (χ4v) is 1.44. The van der Waals surface area contributed by atoms with E-state index in [1.807, 2.05) is 6.92 Å². The lowest BCUT2D eigenvalue weighted by atomic mass is 10.3. The number of hydrogen-bond donors (Lipinski definition) is 1. The minimum atomic E-state index is -1.08. The molecule has 0 atom stereocenters. The van der Waals surface area contributed by atoms with Gasteiger partial charge in [0.1, 0.15) is 6.54 Å². The molecule has 0 saturated heterocycles. The second-order valence-corrected chi connectivity index (χ2v) is 3.55. The van der Waals surface area contributed by atoms with E-state index in [2.05, 4.69) is 21.0 Å². The third-order valence-electron chi connectivity index (χ3n) is 1.63. The van der Waals surface area contributed by atoms with Crippen molar-refractivity contribution in [2.45, 2.75) is 19.9 Å². The van der Waals surface area contributed by atoms with Crippen LogP contribution in [0.5, 0.6) is 0 Å². The van der Waals surface area contributed by atoms with Gasteiger partial charge in [0.15, 0.2) is 0 Å². The summed E-state index contributed by atoms with van der Waals surface area (Å²) in [6, 6.07) is 1.60. The van der Waals surface area contributed by atoms with Crippen molar-refractivity contribution in [2.75, 3.05) is 0 Å². The van der Waals surface area contributed by atoms with Crippen LogP contribution in [0.1, 0.15) is 12.6 Å². The van der Waals surface area contributed by atoms with Crippen LogP contribution < -0.4 is 5.56 Å². The molecule has 6 heteroatoms. The number of hydrogen-bond acceptors (Lipinski definition) is 3. The van der Waals surface area contributed by atoms with E-state index in [1.54, 1.807) is 6.07 Å². The summed E-state index contributed by atoms with van der Waals surface area (Å²) >= 11 is 3.06. The Labute approximate surface area is 88.5 Å². The summed E-state index contributed by atoms with van der Waals surface area (Å²) in [5.74, 6) is -1.08. The summed E-state index contributed by atoms with van der Waals surface area (Å²) in [5, 5.41) is 12.4. The fourth-order valence-electron chi connectivity index (χ4n) is 0.969. The number of carboxylic acids is 1. The van der Waals surface area contributed by atoms with E-state index in [0.29, 0.717) is 16.6 Å². The van der Waals surface area contributed by atoms with Gasteiger partial charge < -0.3 is 5.11 Å². The van der Waals surface area contributed by atoms with Crippen molar-refractivity contribution < 1.29 is 9.90 Å². The van der Waals surface area contributed by atoms with Gasteiger partial charge in [-0.2, -0.15) is 5.10 Å². The van der Waals surface area contributed by atoms with Gasteiger partial charge in [0.2, 0.25) is 0 Å². The van der Waals surface area contributed by atoms with E-state index >= 15 is 0 Å². The lowest BCUT2D eigenvalue weighted by Gasteiger charge is -2.03. The summed E-state index contributed by atoms with van der Waals surface area (Å²) in [6.07, 6.45) is 0.651. The van der Waals surface area contributed by atoms with Gasteiger partial charge in [-0.1, -0.05) is 6.92 Å². The lowest BCUT2D eigenvalue weighted by Crippen LogP contribution is -2.27. The smallest absolute Gasteiger partial charge is 0.325 e. The normalized spacial score (nSPS) is 10.1. The molecule has 0 radical (unpaired) electrons. The van der Waals surface area contributed by atoms with Crippen LogP contribution in [0.25, 0.3) is 0 Å². The molecule has 0 spiro atoms. The number of carbonyl (C=O) groups is 1. The Morgan fingerprint density at radius 3 is 2.86 bits per heavy atom. The molecular weight excluding hydrogens is 252 g/mol. The van der Waals surface area contributed by atoms with E-state index in [-0.39, 0.29) is 0 Å². The molecule has 1 N–H and O–H groups in total. The Bertz CT molecular complexity index is 414. The predicted octanol–water partition coefficient (Wildman–Crippen LogP) is 0.653. The van der Waals surface area contributed by atoms with Gasteiger partial charge in [0, 0.05) is 0 Å². The highest BCUT2D eigenvalue weighted by atomic mass is 79.9. The zero-order valence-electron chi connectivity index (χ0n) is 7.53. The average molecular weight is 261 g/mol. The number of aryl methyl sites for hydroxylation is 1. The first-order valence-electron chi connectivity index (χ1n) is 4.03. The second-order valence-electron chi connectivity index (χ2n) is 2.69. The number of carboxylic acid groups (broad SMARTS) is 1. The third-order valence-corrected chi connectivity index (χ3v) is 2.20. The van der Waals surface area contributed by atoms with Gasteiger partial charge in [-0.15, -0.1) is 0 Å². The van der Waals surface area contributed by atoms with Crippen molar-refractivity contribution in [2.24, 2.45) is 0 Å². The Hall–Kier alpha value is -1.17. The van der Waals surface area contributed by atoms with Gasteiger partial charge in [-0.3, -0.25) is 9.59 Å². The first-order valence-corrected chi connectivity index (χ1v) is 4.82. The van der Waals surface area contributed by atoms with Crippen LogP contribution in [0, 0.1) is 0 Å². The summed E-state index contributed by atoms with van der Waals surface area (Å²) in [4.78, 5) is 21.8. The van der Waals surface area contributed by atoms with E-state index in [1.165, 1.54) is 0 Å². The maximum atomic E-state index is 11.4. The number of rotatable bonds is 3. The minimum Gasteiger partial charge on any atom is -0.480 e. The van der Waals surface area contributed by atoms with Crippen LogP contribution in [0.2, 0.25) is 0 Å². The molecule has 0 aliphatic carbocycles. The Kier molecular flexibility index (Phi) is 3.40. The van der Waals surface area contributed by atoms with Crippen LogP contribution in [-0.2, 0) is 17.8 Å². The standard InChI is InChI=1S/C8H9BrN2O3/c1-2-5-3-6(9)8(14)11(10-5)4-7(12)13/h3H,2,4H2,1H3,(H,12,13). The molecule has 1 heterocycles. The quantitative estimate of drug-likeness (QED) is 0.867. The average Bonchev–Trinajstić information content (AvgIpc) is 2.11. The number of aliphatic carboxylic acids is 1. The van der Waals surface area contributed by atoms with E-state index in [4.69, 9.17) is 5.11 Å². The molecule has 76 valence electrons. The number of aromatic nitrogens is 2. The van der Waals surface area contributed by atoms with Crippen LogP contribution >= 0.6 is 15.9 Å². The van der Waals surface area contributed by atoms with Crippen LogP contribution in [0.3, 0.4) is 0 Å². The largest absolute Gasteiger partial charge is 0.480 e. The summed E-state index contributed by atoms with van der Waals surface area (Å²) in [7, 11) is 0. The highest BCUT2D eigenvalue weighted by molar-refractivity contribution is 9.10. The minimum absolute atomic E-state index is 0.339. The molecule has 0 aromatic carbocycles. The predicted molar refractivity (Wildman–Crippen MR) is 53.2 cm³/mol. The molecule has 0 aliphatic heterocycles. The Morgan fingerprint density at radius 1 is 1.71 bits per heavy atom. The molecule has 5 nitrogen and oxygen atoms in total. The fraction of sp³-hybridized carbons (Fsp3) is 0.375. The summed E-state index contributed by atoms with van der Waals surface area (Å²) < 4.78 is 1.27. The summed E-state index contributed by atoms with van der Waals surface area (Å²) in [5.41, 5.74) is 0.252. The van der Waals surface area contributed by atoms with Gasteiger partial charge >= 0.3 is 5.97 Å². The molecule has 0 amide bonds. The SMILES string of the molecule is CCc1cc(Br)c(=O)n(CC(=O)O)n1. The number of halogens is 1. The molecule has 14 heavy (non-hydrogen) atoms. The molecule has 0 bridgehead atoms. The van der Waals surface area contributed by atoms with Crippen LogP contribution in [0.15, 0.2) is 15.3 Å². The third kappa shape index (κ3) is 2.41. The number of nitrogens with zero attached hydrogens (tertiary/aromatic N) is 2. The molecule has 0 unspecified atom stereocenters. The molecular formula is C8H9BrN2O3. The zero-order chi connectivity index (χ0) is 10.7. The monoisotopic (exact) mass is 260 g/mol.